The minimum absolute atomic E-state index is 0.0458. The summed E-state index contributed by atoms with van der Waals surface area (Å²) in [4.78, 5) is 12.1. The van der Waals surface area contributed by atoms with E-state index in [1.807, 2.05) is 26.0 Å². The molecule has 0 atom stereocenters. The van der Waals surface area contributed by atoms with Crippen LogP contribution >= 0.6 is 11.8 Å². The molecule has 0 spiro atoms. The van der Waals surface area contributed by atoms with Gasteiger partial charge in [-0.3, -0.25) is 4.79 Å². The van der Waals surface area contributed by atoms with Crippen LogP contribution in [0.4, 0.5) is 0 Å². The SMILES string of the molecule is COc1cc(CNC(=O)CSCc2c(C)noc2C)cc(OC)c1OC. The molecule has 0 aliphatic heterocycles. The molecule has 0 fully saturated rings. The number of thioether (sulfide) groups is 1. The summed E-state index contributed by atoms with van der Waals surface area (Å²) >= 11 is 1.52. The van der Waals surface area contributed by atoms with Crippen LogP contribution in [0, 0.1) is 13.8 Å². The number of nitrogens with one attached hydrogen (secondary N) is 1. The Balaban J connectivity index is 1.89. The molecule has 1 amide bonds. The highest BCUT2D eigenvalue weighted by molar-refractivity contribution is 7.99. The van der Waals surface area contributed by atoms with Crippen LogP contribution < -0.4 is 19.5 Å². The predicted octanol–water partition coefficient (Wildman–Crippen LogP) is 2.87. The molecule has 26 heavy (non-hydrogen) atoms. The van der Waals surface area contributed by atoms with Crippen molar-refractivity contribution in [3.63, 3.8) is 0 Å². The van der Waals surface area contributed by atoms with Gasteiger partial charge in [-0.1, -0.05) is 5.16 Å². The van der Waals surface area contributed by atoms with Crippen molar-refractivity contribution in [2.24, 2.45) is 0 Å². The molecular formula is C18H24N2O5S. The summed E-state index contributed by atoms with van der Waals surface area (Å²) in [5.41, 5.74) is 2.78. The molecule has 0 aliphatic rings. The number of rotatable bonds is 9. The standard InChI is InChI=1S/C18H24N2O5S/c1-11-14(12(2)25-20-11)9-26-10-17(21)19-8-13-6-15(22-3)18(24-5)16(7-13)23-4/h6-7H,8-10H2,1-5H3,(H,19,21). The Bertz CT molecular complexity index is 716. The Kier molecular flexibility index (Phi) is 7.20. The zero-order valence-corrected chi connectivity index (χ0v) is 16.5. The van der Waals surface area contributed by atoms with Gasteiger partial charge in [-0.15, -0.1) is 11.8 Å². The van der Waals surface area contributed by atoms with Gasteiger partial charge in [0.25, 0.3) is 0 Å². The van der Waals surface area contributed by atoms with Crippen molar-refractivity contribution in [1.82, 2.24) is 10.5 Å². The van der Waals surface area contributed by atoms with Gasteiger partial charge in [-0.2, -0.15) is 0 Å². The van der Waals surface area contributed by atoms with E-state index in [-0.39, 0.29) is 5.91 Å². The molecule has 7 nitrogen and oxygen atoms in total. The molecule has 0 bridgehead atoms. The second-order valence-corrected chi connectivity index (χ2v) is 6.59. The summed E-state index contributed by atoms with van der Waals surface area (Å²) in [7, 11) is 4.67. The lowest BCUT2D eigenvalue weighted by molar-refractivity contribution is -0.118. The lowest BCUT2D eigenvalue weighted by atomic mass is 10.2. The van der Waals surface area contributed by atoms with Gasteiger partial charge in [0.1, 0.15) is 5.76 Å². The van der Waals surface area contributed by atoms with E-state index in [2.05, 4.69) is 10.5 Å². The molecule has 0 unspecified atom stereocenters. The van der Waals surface area contributed by atoms with Crippen molar-refractivity contribution in [1.29, 1.82) is 0 Å². The van der Waals surface area contributed by atoms with E-state index in [0.29, 0.717) is 35.3 Å². The summed E-state index contributed by atoms with van der Waals surface area (Å²) in [6.45, 7) is 4.15. The minimum atomic E-state index is -0.0458. The number of amides is 1. The number of ether oxygens (including phenoxy) is 3. The third kappa shape index (κ3) is 4.85. The van der Waals surface area contributed by atoms with Gasteiger partial charge in [-0.05, 0) is 31.5 Å². The number of aromatic nitrogens is 1. The van der Waals surface area contributed by atoms with Gasteiger partial charge in [-0.25, -0.2) is 0 Å². The molecule has 0 radical (unpaired) electrons. The second kappa shape index (κ2) is 9.38. The maximum absolute atomic E-state index is 12.1. The fourth-order valence-corrected chi connectivity index (χ4v) is 3.45. The van der Waals surface area contributed by atoms with Crippen LogP contribution in [0.2, 0.25) is 0 Å². The van der Waals surface area contributed by atoms with Gasteiger partial charge < -0.3 is 24.1 Å². The maximum Gasteiger partial charge on any atom is 0.230 e. The fraction of sp³-hybridized carbons (Fsp3) is 0.444. The van der Waals surface area contributed by atoms with Crippen LogP contribution in [0.25, 0.3) is 0 Å². The van der Waals surface area contributed by atoms with E-state index in [9.17, 15) is 4.79 Å². The third-order valence-corrected chi connectivity index (χ3v) is 4.83. The smallest absolute Gasteiger partial charge is 0.230 e. The molecule has 142 valence electrons. The van der Waals surface area contributed by atoms with Crippen molar-refractivity contribution >= 4 is 17.7 Å². The Morgan fingerprint density at radius 2 is 1.81 bits per heavy atom. The predicted molar refractivity (Wildman–Crippen MR) is 100 cm³/mol. The van der Waals surface area contributed by atoms with E-state index in [0.717, 1.165) is 22.6 Å². The Hall–Kier alpha value is -2.35. The van der Waals surface area contributed by atoms with E-state index in [1.54, 1.807) is 21.3 Å². The first kappa shape index (κ1) is 20.0. The average molecular weight is 380 g/mol. The Morgan fingerprint density at radius 1 is 1.15 bits per heavy atom. The number of hydrogen-bond acceptors (Lipinski definition) is 7. The van der Waals surface area contributed by atoms with Crippen molar-refractivity contribution in [2.75, 3.05) is 27.1 Å². The maximum atomic E-state index is 12.1. The number of aryl methyl sites for hydroxylation is 2. The fourth-order valence-electron chi connectivity index (χ4n) is 2.44. The first-order valence-electron chi connectivity index (χ1n) is 8.05. The van der Waals surface area contributed by atoms with Crippen molar-refractivity contribution in [3.8, 4) is 17.2 Å². The van der Waals surface area contributed by atoms with Crippen LogP contribution in [-0.4, -0.2) is 38.1 Å². The highest BCUT2D eigenvalue weighted by Crippen LogP contribution is 2.38. The van der Waals surface area contributed by atoms with Gasteiger partial charge >= 0.3 is 0 Å². The number of carbonyl (C=O) groups is 1. The molecule has 1 aromatic carbocycles. The summed E-state index contributed by atoms with van der Waals surface area (Å²) in [5.74, 6) is 3.45. The molecule has 0 saturated heterocycles. The number of hydrogen-bond donors (Lipinski definition) is 1. The Morgan fingerprint density at radius 3 is 2.31 bits per heavy atom. The highest BCUT2D eigenvalue weighted by atomic mass is 32.2. The van der Waals surface area contributed by atoms with Crippen LogP contribution in [-0.2, 0) is 17.1 Å². The summed E-state index contributed by atoms with van der Waals surface area (Å²) in [5, 5.41) is 6.81. The van der Waals surface area contributed by atoms with E-state index in [1.165, 1.54) is 11.8 Å². The molecule has 1 heterocycles. The van der Waals surface area contributed by atoms with Crippen LogP contribution in [0.15, 0.2) is 16.7 Å². The largest absolute Gasteiger partial charge is 0.493 e. The molecule has 0 aliphatic carbocycles. The number of nitrogens with zero attached hydrogens (tertiary/aromatic N) is 1. The van der Waals surface area contributed by atoms with Gasteiger partial charge in [0.2, 0.25) is 11.7 Å². The molecule has 1 N–H and O–H groups in total. The molecule has 8 heteroatoms. The number of benzene rings is 1. The monoisotopic (exact) mass is 380 g/mol. The average Bonchev–Trinajstić information content (AvgIpc) is 2.97. The zero-order valence-electron chi connectivity index (χ0n) is 15.7. The molecular weight excluding hydrogens is 356 g/mol. The van der Waals surface area contributed by atoms with E-state index < -0.39 is 0 Å². The first-order chi connectivity index (χ1) is 12.5. The van der Waals surface area contributed by atoms with Crippen LogP contribution in [0.1, 0.15) is 22.6 Å². The van der Waals surface area contributed by atoms with Crippen molar-refractivity contribution in [2.45, 2.75) is 26.1 Å². The molecule has 2 aromatic rings. The highest BCUT2D eigenvalue weighted by Gasteiger charge is 2.14. The molecule has 2 rings (SSSR count). The summed E-state index contributed by atoms with van der Waals surface area (Å²) in [6.07, 6.45) is 0. The zero-order chi connectivity index (χ0) is 19.1. The van der Waals surface area contributed by atoms with E-state index in [4.69, 9.17) is 18.7 Å². The lowest BCUT2D eigenvalue weighted by Gasteiger charge is -2.14. The van der Waals surface area contributed by atoms with Crippen LogP contribution in [0.5, 0.6) is 17.2 Å². The topological polar surface area (TPSA) is 82.8 Å². The Labute approximate surface area is 157 Å². The van der Waals surface area contributed by atoms with Gasteiger partial charge in [0.15, 0.2) is 11.5 Å². The quantitative estimate of drug-likeness (QED) is 0.716. The number of methoxy groups -OCH3 is 3. The number of carbonyl (C=O) groups excluding carboxylic acids is 1. The second-order valence-electron chi connectivity index (χ2n) is 5.61. The first-order valence-corrected chi connectivity index (χ1v) is 9.20. The molecule has 0 saturated carbocycles. The van der Waals surface area contributed by atoms with Gasteiger partial charge in [0.05, 0.1) is 32.8 Å². The van der Waals surface area contributed by atoms with Crippen molar-refractivity contribution < 1.29 is 23.5 Å². The lowest BCUT2D eigenvalue weighted by Crippen LogP contribution is -2.24. The summed E-state index contributed by atoms with van der Waals surface area (Å²) < 4.78 is 21.1. The van der Waals surface area contributed by atoms with Crippen LogP contribution in [0.3, 0.4) is 0 Å². The molecule has 1 aromatic heterocycles. The van der Waals surface area contributed by atoms with Gasteiger partial charge in [0, 0.05) is 17.9 Å². The van der Waals surface area contributed by atoms with E-state index >= 15 is 0 Å². The van der Waals surface area contributed by atoms with Crippen molar-refractivity contribution in [3.05, 3.63) is 34.7 Å². The third-order valence-electron chi connectivity index (χ3n) is 3.87. The minimum Gasteiger partial charge on any atom is -0.493 e. The summed E-state index contributed by atoms with van der Waals surface area (Å²) in [6, 6.07) is 3.64. The normalized spacial score (nSPS) is 10.5.